The first-order chi connectivity index (χ1) is 9.32. The molecule has 0 N–H and O–H groups in total. The van der Waals surface area contributed by atoms with Gasteiger partial charge in [-0.1, -0.05) is 0 Å². The fourth-order valence-electron chi connectivity index (χ4n) is 2.43. The summed E-state index contributed by atoms with van der Waals surface area (Å²) in [6.07, 6.45) is 7.76. The Balaban J connectivity index is 2.17. The first-order valence-corrected chi connectivity index (χ1v) is 10.4. The molecule has 0 saturated heterocycles. The summed E-state index contributed by atoms with van der Waals surface area (Å²) < 4.78 is 0. The molecule has 19 heavy (non-hydrogen) atoms. The molecule has 2 aromatic rings. The van der Waals surface area contributed by atoms with Crippen molar-refractivity contribution in [3.05, 3.63) is 84.2 Å². The zero-order valence-corrected chi connectivity index (χ0v) is 13.2. The van der Waals surface area contributed by atoms with Gasteiger partial charge >= 0.3 is 123 Å². The van der Waals surface area contributed by atoms with Crippen LogP contribution in [0.1, 0.15) is 6.42 Å². The number of rotatable bonds is 3. The van der Waals surface area contributed by atoms with Gasteiger partial charge < -0.3 is 0 Å². The Morgan fingerprint density at radius 1 is 0.789 bits per heavy atom. The second kappa shape index (κ2) is 5.47. The molecule has 0 spiro atoms. The maximum absolute atomic E-state index is 3.57. The summed E-state index contributed by atoms with van der Waals surface area (Å²) in [4.78, 5) is 0. The van der Waals surface area contributed by atoms with Gasteiger partial charge in [-0.15, -0.1) is 0 Å². The molecule has 1 radical (unpaired) electrons. The Kier molecular flexibility index (Phi) is 3.71. The van der Waals surface area contributed by atoms with E-state index < -0.39 is 5.95 Å². The molecule has 0 aliphatic heterocycles. The molecule has 0 nitrogen and oxygen atoms in total. The molecule has 93 valence electrons. The second-order valence-electron chi connectivity index (χ2n) is 4.57. The topological polar surface area (TPSA) is 0 Å². The van der Waals surface area contributed by atoms with Gasteiger partial charge in [-0.3, -0.25) is 0 Å². The van der Waals surface area contributed by atoms with Crippen LogP contribution in [-0.2, 0) is 0 Å². The van der Waals surface area contributed by atoms with Crippen LogP contribution in [0.5, 0.6) is 0 Å². The normalized spacial score (nSPS) is 14.5. The summed E-state index contributed by atoms with van der Waals surface area (Å²) in [7, 11) is 0. The van der Waals surface area contributed by atoms with Crippen molar-refractivity contribution in [2.45, 2.75) is 6.42 Å². The molecule has 0 bridgehead atoms. The molecule has 0 atom stereocenters. The van der Waals surface area contributed by atoms with Gasteiger partial charge in [0.15, 0.2) is 0 Å². The van der Waals surface area contributed by atoms with Crippen LogP contribution in [0, 0.1) is 0 Å². The van der Waals surface area contributed by atoms with Gasteiger partial charge in [-0.2, -0.15) is 0 Å². The molecular formula is C17H15PSe+. The number of hydrogen-bond acceptors (Lipinski definition) is 0. The Morgan fingerprint density at radius 2 is 1.32 bits per heavy atom. The monoisotopic (exact) mass is 330 g/mol. The summed E-state index contributed by atoms with van der Waals surface area (Å²) in [5, 5.41) is 4.34. The van der Waals surface area contributed by atoms with E-state index in [2.05, 4.69) is 94.5 Å². The second-order valence-corrected chi connectivity index (χ2v) is 10.8. The molecule has 0 unspecified atom stereocenters. The third-order valence-electron chi connectivity index (χ3n) is 3.40. The minimum atomic E-state index is -1.55. The predicted octanol–water partition coefficient (Wildman–Crippen LogP) is 3.58. The summed E-state index contributed by atoms with van der Waals surface area (Å²) >= 11 is 3.57. The molecule has 2 aromatic carbocycles. The zero-order valence-electron chi connectivity index (χ0n) is 10.6. The number of benzene rings is 2. The van der Waals surface area contributed by atoms with Crippen molar-refractivity contribution in [2.75, 3.05) is 0 Å². The third-order valence-corrected chi connectivity index (χ3v) is 10.7. The van der Waals surface area contributed by atoms with E-state index in [1.165, 1.54) is 15.9 Å². The Labute approximate surface area is 123 Å². The molecule has 0 amide bonds. The molecule has 1 aliphatic carbocycles. The molecular weight excluding hydrogens is 314 g/mol. The average molecular weight is 329 g/mol. The molecule has 0 saturated carbocycles. The van der Waals surface area contributed by atoms with Crippen LogP contribution in [0.3, 0.4) is 0 Å². The Bertz CT molecular complexity index is 575. The van der Waals surface area contributed by atoms with Crippen LogP contribution in [-0.4, -0.2) is 15.6 Å². The maximum atomic E-state index is 3.57. The van der Waals surface area contributed by atoms with Gasteiger partial charge in [0.2, 0.25) is 0 Å². The van der Waals surface area contributed by atoms with Gasteiger partial charge in [0.05, 0.1) is 0 Å². The molecule has 0 fully saturated rings. The van der Waals surface area contributed by atoms with Gasteiger partial charge in [0.25, 0.3) is 0 Å². The van der Waals surface area contributed by atoms with Crippen molar-refractivity contribution in [3.8, 4) is 0 Å². The molecule has 0 heterocycles. The molecule has 1 aliphatic rings. The van der Waals surface area contributed by atoms with Crippen LogP contribution >= 0.6 is 5.95 Å². The van der Waals surface area contributed by atoms with E-state index in [1.807, 2.05) is 0 Å². The summed E-state index contributed by atoms with van der Waals surface area (Å²) in [5.74, 6) is -1.55. The third kappa shape index (κ3) is 2.35. The van der Waals surface area contributed by atoms with E-state index in [0.29, 0.717) is 0 Å². The van der Waals surface area contributed by atoms with Crippen LogP contribution in [0.15, 0.2) is 84.2 Å². The van der Waals surface area contributed by atoms with E-state index in [1.54, 1.807) is 0 Å². The van der Waals surface area contributed by atoms with Gasteiger partial charge in [-0.05, 0) is 0 Å². The van der Waals surface area contributed by atoms with Crippen molar-refractivity contribution < 1.29 is 0 Å². The van der Waals surface area contributed by atoms with Crippen molar-refractivity contribution >= 4 is 32.1 Å². The van der Waals surface area contributed by atoms with Crippen LogP contribution in [0.4, 0.5) is 0 Å². The van der Waals surface area contributed by atoms with Crippen LogP contribution < -0.4 is 10.6 Å². The van der Waals surface area contributed by atoms with Crippen LogP contribution in [0.25, 0.3) is 0 Å². The molecule has 0 aromatic heterocycles. The zero-order chi connectivity index (χ0) is 13.1. The van der Waals surface area contributed by atoms with Crippen molar-refractivity contribution in [2.24, 2.45) is 0 Å². The molecule has 2 heteroatoms. The standard InChI is InChI=1S/C17H15PSe/c19-18(17-13-7-8-14-17,15-9-3-1-4-10-15)16-11-5-2-6-12-16/h1-13H,14H2/q+1. The number of allylic oxidation sites excluding steroid dienone is 4. The predicted molar refractivity (Wildman–Crippen MR) is 86.7 cm³/mol. The van der Waals surface area contributed by atoms with E-state index in [-0.39, 0.29) is 0 Å². The average Bonchev–Trinajstić information content (AvgIpc) is 3.03. The molecule has 3 rings (SSSR count). The van der Waals surface area contributed by atoms with Crippen molar-refractivity contribution in [1.29, 1.82) is 0 Å². The van der Waals surface area contributed by atoms with E-state index in [0.717, 1.165) is 6.42 Å². The Morgan fingerprint density at radius 3 is 1.74 bits per heavy atom. The van der Waals surface area contributed by atoms with Crippen molar-refractivity contribution in [1.82, 2.24) is 0 Å². The number of hydrogen-bond donors (Lipinski definition) is 0. The Hall–Kier alpha value is -1.13. The summed E-state index contributed by atoms with van der Waals surface area (Å²) in [6, 6.07) is 21.7. The fraction of sp³-hybridized carbons (Fsp3) is 0.0588. The van der Waals surface area contributed by atoms with Crippen LogP contribution in [0.2, 0.25) is 0 Å². The van der Waals surface area contributed by atoms with E-state index in [4.69, 9.17) is 0 Å². The first kappa shape index (κ1) is 12.9. The quantitative estimate of drug-likeness (QED) is 0.596. The summed E-state index contributed by atoms with van der Waals surface area (Å²) in [5.41, 5.74) is 0. The van der Waals surface area contributed by atoms with E-state index in [9.17, 15) is 0 Å². The van der Waals surface area contributed by atoms with E-state index >= 15 is 0 Å². The fourth-order valence-corrected chi connectivity index (χ4v) is 7.61. The van der Waals surface area contributed by atoms with Gasteiger partial charge in [-0.25, -0.2) is 0 Å². The van der Waals surface area contributed by atoms with Gasteiger partial charge in [0, 0.05) is 0 Å². The van der Waals surface area contributed by atoms with Crippen molar-refractivity contribution in [3.63, 3.8) is 0 Å². The SMILES string of the molecule is [Se][P+](C1=CC=CC1)(c1ccccc1)c1ccccc1. The minimum absolute atomic E-state index is 1.06. The summed E-state index contributed by atoms with van der Waals surface area (Å²) in [6.45, 7) is 0. The first-order valence-electron chi connectivity index (χ1n) is 6.39. The van der Waals surface area contributed by atoms with Gasteiger partial charge in [0.1, 0.15) is 0 Å².